The first-order valence-corrected chi connectivity index (χ1v) is 5.43. The van der Waals surface area contributed by atoms with Gasteiger partial charge in [-0.15, -0.1) is 0 Å². The van der Waals surface area contributed by atoms with Crippen molar-refractivity contribution < 1.29 is 6.48 Å². The van der Waals surface area contributed by atoms with Crippen molar-refractivity contribution in [3.05, 3.63) is 0 Å². The first kappa shape index (κ1) is 7.37. The van der Waals surface area contributed by atoms with Crippen LogP contribution in [0.1, 0.15) is 52.7 Å². The Balaban J connectivity index is 1.99. The summed E-state index contributed by atoms with van der Waals surface area (Å²) < 4.78 is 8.08. The maximum absolute atomic E-state index is 10.2. The molecule has 12 heavy (non-hydrogen) atoms. The molecule has 0 aromatic heterocycles. The molecule has 0 amide bonds. The van der Waals surface area contributed by atoms with Gasteiger partial charge in [-0.2, -0.15) is 0 Å². The average Bonchev–Trinajstić information content (AvgIpc) is 2.78. The molecule has 1 N–H and O–H groups in total. The number of aliphatic hydroxyl groups is 1. The first-order valence-electron chi connectivity index (χ1n) is 5.93. The van der Waals surface area contributed by atoms with Crippen molar-refractivity contribution in [2.75, 3.05) is 0 Å². The molecule has 1 heteroatoms. The van der Waals surface area contributed by atoms with E-state index in [4.69, 9.17) is 1.37 Å². The molecule has 0 unspecified atom stereocenters. The zero-order chi connectivity index (χ0) is 9.31. The van der Waals surface area contributed by atoms with Crippen LogP contribution in [0.4, 0.5) is 0 Å². The Bertz CT molecular complexity index is 149. The van der Waals surface area contributed by atoms with Gasteiger partial charge in [-0.05, 0) is 37.5 Å². The fourth-order valence-electron chi connectivity index (χ4n) is 2.78. The third-order valence-electron chi connectivity index (χ3n) is 3.55. The van der Waals surface area contributed by atoms with Gasteiger partial charge in [-0.3, -0.25) is 0 Å². The van der Waals surface area contributed by atoms with Gasteiger partial charge < -0.3 is 5.11 Å². The Kier molecular flexibility index (Phi) is 2.32. The van der Waals surface area contributed by atoms with Crippen molar-refractivity contribution in [3.63, 3.8) is 0 Å². The molecule has 2 fully saturated rings. The van der Waals surface area contributed by atoms with E-state index in [0.717, 1.165) is 25.7 Å². The van der Waals surface area contributed by atoms with E-state index in [1.54, 1.807) is 0 Å². The molecule has 0 heterocycles. The Labute approximate surface area is 76.6 Å². The molecule has 0 radical (unpaired) electrons. The number of hydrogen-bond acceptors (Lipinski definition) is 1. The minimum absolute atomic E-state index is 0.274. The molecule has 1 nitrogen and oxygen atoms in total. The summed E-state index contributed by atoms with van der Waals surface area (Å²) in [7, 11) is 0. The summed E-state index contributed by atoms with van der Waals surface area (Å²) in [4.78, 5) is 0. The molecule has 2 aliphatic rings. The lowest BCUT2D eigenvalue weighted by atomic mass is 9.89. The molecule has 2 rings (SSSR count). The topological polar surface area (TPSA) is 20.2 Å². The monoisotopic (exact) mass is 169 g/mol. The first-order chi connectivity index (χ1) is 6.21. The van der Waals surface area contributed by atoms with Gasteiger partial charge in [-0.25, -0.2) is 0 Å². The summed E-state index contributed by atoms with van der Waals surface area (Å²) in [5, 5.41) is 10.2. The Morgan fingerprint density at radius 1 is 0.917 bits per heavy atom. The van der Waals surface area contributed by atoms with Crippen molar-refractivity contribution in [2.24, 2.45) is 11.8 Å². The largest absolute Gasteiger partial charge is 0.393 e. The highest BCUT2D eigenvalue weighted by atomic mass is 16.3. The van der Waals surface area contributed by atoms with E-state index in [-0.39, 0.29) is 11.8 Å². The van der Waals surface area contributed by atoms with Crippen LogP contribution in [0.3, 0.4) is 0 Å². The third kappa shape index (κ3) is 1.66. The lowest BCUT2D eigenvalue weighted by Crippen LogP contribution is -2.25. The lowest BCUT2D eigenvalue weighted by Gasteiger charge is -2.23. The van der Waals surface area contributed by atoms with Gasteiger partial charge in [0.2, 0.25) is 0 Å². The van der Waals surface area contributed by atoms with Crippen LogP contribution in [-0.2, 0) is 0 Å². The highest BCUT2D eigenvalue weighted by Crippen LogP contribution is 2.36. The zero-order valence-corrected chi connectivity index (χ0v) is 7.76. The summed E-state index contributed by atoms with van der Waals surface area (Å²) in [5.41, 5.74) is 0. The van der Waals surface area contributed by atoms with Crippen molar-refractivity contribution in [1.29, 1.82) is 0 Å². The van der Waals surface area contributed by atoms with Crippen LogP contribution >= 0.6 is 0 Å². The summed E-state index contributed by atoms with van der Waals surface area (Å²) in [6.07, 6.45) is 8.11. The van der Waals surface area contributed by atoms with Crippen molar-refractivity contribution >= 4 is 0 Å². The van der Waals surface area contributed by atoms with Crippen LogP contribution < -0.4 is 0 Å². The summed E-state index contributed by atoms with van der Waals surface area (Å²) in [6.45, 7) is 0. The lowest BCUT2D eigenvalue weighted by molar-refractivity contribution is 0.0552. The van der Waals surface area contributed by atoms with Gasteiger partial charge >= 0.3 is 0 Å². The van der Waals surface area contributed by atoms with Gasteiger partial charge in [0, 0.05) is 0 Å². The Morgan fingerprint density at radius 3 is 1.58 bits per heavy atom. The fraction of sp³-hybridized carbons (Fsp3) is 1.00. The molecule has 0 saturated heterocycles. The third-order valence-corrected chi connectivity index (χ3v) is 3.55. The van der Waals surface area contributed by atoms with Gasteiger partial charge in [-0.1, -0.05) is 25.7 Å². The highest BCUT2D eigenvalue weighted by molar-refractivity contribution is 4.82. The number of rotatable bonds is 2. The van der Waals surface area contributed by atoms with Crippen LogP contribution in [0, 0.1) is 11.8 Å². The Morgan fingerprint density at radius 2 is 1.25 bits per heavy atom. The molecule has 2 aliphatic carbocycles. The van der Waals surface area contributed by atoms with E-state index in [0.29, 0.717) is 0 Å². The van der Waals surface area contributed by atoms with Crippen LogP contribution in [0.25, 0.3) is 0 Å². The van der Waals surface area contributed by atoms with E-state index in [9.17, 15) is 5.11 Å². The average molecular weight is 169 g/mol. The van der Waals surface area contributed by atoms with E-state index in [1.807, 2.05) is 0 Å². The molecular weight excluding hydrogens is 148 g/mol. The predicted molar refractivity (Wildman–Crippen MR) is 49.9 cm³/mol. The minimum Gasteiger partial charge on any atom is -0.393 e. The predicted octanol–water partition coefficient (Wildman–Crippen LogP) is 2.73. The molecule has 2 saturated carbocycles. The molecule has 0 aromatic carbocycles. The fourth-order valence-corrected chi connectivity index (χ4v) is 2.78. The van der Waals surface area contributed by atoms with Crippen molar-refractivity contribution in [1.82, 2.24) is 0 Å². The zero-order valence-electron chi connectivity index (χ0n) is 8.76. The Hall–Kier alpha value is -0.0400. The second-order valence-corrected chi connectivity index (χ2v) is 4.39. The van der Waals surface area contributed by atoms with Crippen LogP contribution in [0.5, 0.6) is 0 Å². The molecule has 0 aromatic rings. The van der Waals surface area contributed by atoms with Crippen LogP contribution in [0.15, 0.2) is 0 Å². The number of hydrogen-bond donors (Lipinski definition) is 1. The maximum Gasteiger partial charge on any atom is 0.0606 e. The maximum atomic E-state index is 10.2. The van der Waals surface area contributed by atoms with Gasteiger partial charge in [0.05, 0.1) is 7.45 Å². The summed E-state index contributed by atoms with van der Waals surface area (Å²) in [6, 6.07) is 0. The summed E-state index contributed by atoms with van der Waals surface area (Å²) >= 11 is 0. The molecule has 0 bridgehead atoms. The molecular formula is C11H20O. The molecule has 0 atom stereocenters. The smallest absolute Gasteiger partial charge is 0.0606 e. The van der Waals surface area contributed by atoms with E-state index >= 15 is 0 Å². The van der Waals surface area contributed by atoms with Crippen LogP contribution in [-0.4, -0.2) is 11.2 Å². The SMILES string of the molecule is [2H]C(O)(C1CCCC1)C1CCCC1. The summed E-state index contributed by atoms with van der Waals surface area (Å²) in [5.74, 6) is 0.547. The van der Waals surface area contributed by atoms with Crippen molar-refractivity contribution in [3.8, 4) is 0 Å². The molecule has 70 valence electrons. The van der Waals surface area contributed by atoms with E-state index in [2.05, 4.69) is 0 Å². The quantitative estimate of drug-likeness (QED) is 0.674. The molecule has 0 aliphatic heterocycles. The second kappa shape index (κ2) is 3.78. The van der Waals surface area contributed by atoms with E-state index in [1.165, 1.54) is 25.7 Å². The molecule has 0 spiro atoms. The van der Waals surface area contributed by atoms with Gasteiger partial charge in [0.25, 0.3) is 0 Å². The highest BCUT2D eigenvalue weighted by Gasteiger charge is 2.31. The minimum atomic E-state index is -1.09. The standard InChI is InChI=1S/C11H20O/c12-11(9-5-1-2-6-9)10-7-3-4-8-10/h9-12H,1-8H2/i11D. The van der Waals surface area contributed by atoms with Crippen LogP contribution in [0.2, 0.25) is 0 Å². The normalized spacial score (nSPS) is 29.6. The second-order valence-electron chi connectivity index (χ2n) is 4.39. The van der Waals surface area contributed by atoms with Gasteiger partial charge in [0.1, 0.15) is 0 Å². The van der Waals surface area contributed by atoms with Crippen molar-refractivity contribution in [2.45, 2.75) is 57.4 Å². The van der Waals surface area contributed by atoms with E-state index < -0.39 is 6.08 Å². The van der Waals surface area contributed by atoms with Gasteiger partial charge in [0.15, 0.2) is 0 Å².